The Kier molecular flexibility index (Phi) is 4.94. The fourth-order valence-corrected chi connectivity index (χ4v) is 4.07. The first-order valence-electron chi connectivity index (χ1n) is 9.60. The molecule has 0 radical (unpaired) electrons. The summed E-state index contributed by atoms with van der Waals surface area (Å²) in [6.07, 6.45) is 6.74. The Labute approximate surface area is 163 Å². The lowest BCUT2D eigenvalue weighted by atomic mass is 9.77. The van der Waals surface area contributed by atoms with Gasteiger partial charge in [0.25, 0.3) is 0 Å². The number of rotatable bonds is 5. The van der Waals surface area contributed by atoms with Crippen LogP contribution in [0.5, 0.6) is 0 Å². The quantitative estimate of drug-likeness (QED) is 0.727. The van der Waals surface area contributed by atoms with Crippen molar-refractivity contribution in [3.8, 4) is 5.69 Å². The molecule has 5 nitrogen and oxygen atoms in total. The molecule has 28 heavy (non-hydrogen) atoms. The van der Waals surface area contributed by atoms with Crippen LogP contribution in [0.3, 0.4) is 0 Å². The molecule has 0 bridgehead atoms. The zero-order valence-electron chi connectivity index (χ0n) is 15.8. The summed E-state index contributed by atoms with van der Waals surface area (Å²) in [6.45, 7) is 1.98. The van der Waals surface area contributed by atoms with Gasteiger partial charge in [0.15, 0.2) is 0 Å². The molecule has 4 rings (SSSR count). The van der Waals surface area contributed by atoms with E-state index >= 15 is 0 Å². The molecule has 0 aliphatic heterocycles. The van der Waals surface area contributed by atoms with Crippen LogP contribution in [0.1, 0.15) is 49.8 Å². The van der Waals surface area contributed by atoms with E-state index in [1.165, 1.54) is 18.5 Å². The smallest absolute Gasteiger partial charge is 0.231 e. The van der Waals surface area contributed by atoms with Crippen molar-refractivity contribution in [1.29, 1.82) is 0 Å². The van der Waals surface area contributed by atoms with E-state index < -0.39 is 5.41 Å². The van der Waals surface area contributed by atoms with Gasteiger partial charge in [-0.05, 0) is 55.2 Å². The number of nitrogens with zero attached hydrogens (tertiary/aromatic N) is 3. The Morgan fingerprint density at radius 1 is 1.11 bits per heavy atom. The number of halogens is 1. The Hall–Kier alpha value is -3.02. The summed E-state index contributed by atoms with van der Waals surface area (Å²) in [5.74, 6) is -0.261. The average Bonchev–Trinajstić information content (AvgIpc) is 3.41. The summed E-state index contributed by atoms with van der Waals surface area (Å²) < 4.78 is 15.0. The summed E-state index contributed by atoms with van der Waals surface area (Å²) in [5.41, 5.74) is 2.27. The Bertz CT molecular complexity index is 930. The fraction of sp³-hybridized carbons (Fsp3) is 0.318. The summed E-state index contributed by atoms with van der Waals surface area (Å²) in [5, 5.41) is 7.30. The van der Waals surface area contributed by atoms with Crippen LogP contribution in [0, 0.1) is 5.82 Å². The fourth-order valence-electron chi connectivity index (χ4n) is 4.07. The van der Waals surface area contributed by atoms with E-state index in [2.05, 4.69) is 15.4 Å². The van der Waals surface area contributed by atoms with Gasteiger partial charge in [0.1, 0.15) is 18.5 Å². The van der Waals surface area contributed by atoms with E-state index in [1.54, 1.807) is 23.1 Å². The third-order valence-electron chi connectivity index (χ3n) is 5.71. The van der Waals surface area contributed by atoms with Gasteiger partial charge in [-0.15, -0.1) is 0 Å². The number of aromatic nitrogens is 3. The lowest BCUT2D eigenvalue weighted by Crippen LogP contribution is -2.43. The van der Waals surface area contributed by atoms with Gasteiger partial charge < -0.3 is 5.32 Å². The van der Waals surface area contributed by atoms with Gasteiger partial charge in [0.05, 0.1) is 17.1 Å². The van der Waals surface area contributed by atoms with E-state index in [9.17, 15) is 9.18 Å². The Morgan fingerprint density at radius 2 is 1.79 bits per heavy atom. The van der Waals surface area contributed by atoms with E-state index in [1.807, 2.05) is 31.2 Å². The topological polar surface area (TPSA) is 59.8 Å². The minimum Gasteiger partial charge on any atom is -0.349 e. The molecule has 144 valence electrons. The highest BCUT2D eigenvalue weighted by Crippen LogP contribution is 2.41. The first kappa shape index (κ1) is 18.3. The summed E-state index contributed by atoms with van der Waals surface area (Å²) >= 11 is 0. The number of benzene rings is 2. The predicted molar refractivity (Wildman–Crippen MR) is 104 cm³/mol. The van der Waals surface area contributed by atoms with Gasteiger partial charge in [-0.1, -0.05) is 37.1 Å². The van der Waals surface area contributed by atoms with Crippen LogP contribution in [-0.2, 0) is 10.2 Å². The zero-order valence-corrected chi connectivity index (χ0v) is 15.8. The molecule has 0 saturated heterocycles. The second-order valence-corrected chi connectivity index (χ2v) is 7.42. The maximum absolute atomic E-state index is 13.4. The molecule has 1 heterocycles. The van der Waals surface area contributed by atoms with Gasteiger partial charge in [-0.25, -0.2) is 14.1 Å². The van der Waals surface area contributed by atoms with E-state index in [-0.39, 0.29) is 17.8 Å². The number of carbonyl (C=O) groups excluding carboxylic acids is 1. The van der Waals surface area contributed by atoms with Crippen LogP contribution in [0.2, 0.25) is 0 Å². The lowest BCUT2D eigenvalue weighted by molar-refractivity contribution is -0.127. The van der Waals surface area contributed by atoms with E-state index in [4.69, 9.17) is 0 Å². The number of amides is 1. The van der Waals surface area contributed by atoms with Crippen LogP contribution < -0.4 is 5.32 Å². The third-order valence-corrected chi connectivity index (χ3v) is 5.71. The molecular formula is C22H23FN4O. The average molecular weight is 378 g/mol. The summed E-state index contributed by atoms with van der Waals surface area (Å²) in [6, 6.07) is 14.1. The molecule has 1 fully saturated rings. The van der Waals surface area contributed by atoms with Crippen molar-refractivity contribution >= 4 is 5.91 Å². The van der Waals surface area contributed by atoms with Crippen LogP contribution in [0.4, 0.5) is 4.39 Å². The normalized spacial score (nSPS) is 16.6. The van der Waals surface area contributed by atoms with Gasteiger partial charge in [-0.3, -0.25) is 4.79 Å². The molecule has 2 aromatic carbocycles. The van der Waals surface area contributed by atoms with Gasteiger partial charge in [-0.2, -0.15) is 5.10 Å². The SMILES string of the molecule is CC(NC(=O)C1(c2ccc(F)cc2)CCCC1)c1ccc(-n2cncn2)cc1. The molecule has 3 aromatic rings. The van der Waals surface area contributed by atoms with Crippen LogP contribution >= 0.6 is 0 Å². The van der Waals surface area contributed by atoms with Crippen molar-refractivity contribution in [2.75, 3.05) is 0 Å². The molecule has 1 saturated carbocycles. The maximum Gasteiger partial charge on any atom is 0.231 e. The zero-order chi connectivity index (χ0) is 19.6. The highest BCUT2D eigenvalue weighted by molar-refractivity contribution is 5.89. The number of hydrogen-bond acceptors (Lipinski definition) is 3. The number of nitrogens with one attached hydrogen (secondary N) is 1. The Morgan fingerprint density at radius 3 is 2.39 bits per heavy atom. The van der Waals surface area contributed by atoms with Crippen molar-refractivity contribution in [3.63, 3.8) is 0 Å². The second-order valence-electron chi connectivity index (χ2n) is 7.42. The predicted octanol–water partition coefficient (Wildman–Crippen LogP) is 4.10. The third kappa shape index (κ3) is 3.42. The number of carbonyl (C=O) groups is 1. The lowest BCUT2D eigenvalue weighted by Gasteiger charge is -2.30. The van der Waals surface area contributed by atoms with Crippen LogP contribution in [0.25, 0.3) is 5.69 Å². The molecule has 1 aliphatic carbocycles. The summed E-state index contributed by atoms with van der Waals surface area (Å²) in [7, 11) is 0. The van der Waals surface area contributed by atoms with Crippen LogP contribution in [-0.4, -0.2) is 20.7 Å². The molecule has 1 unspecified atom stereocenters. The molecule has 0 spiro atoms. The van der Waals surface area contributed by atoms with Gasteiger partial charge in [0.2, 0.25) is 5.91 Å². The van der Waals surface area contributed by atoms with Crippen molar-refractivity contribution in [3.05, 3.63) is 78.1 Å². The monoisotopic (exact) mass is 378 g/mol. The van der Waals surface area contributed by atoms with E-state index in [0.717, 1.165) is 42.5 Å². The minimum absolute atomic E-state index is 0.0180. The Balaban J connectivity index is 1.52. The number of hydrogen-bond donors (Lipinski definition) is 1. The second kappa shape index (κ2) is 7.54. The molecule has 6 heteroatoms. The first-order valence-corrected chi connectivity index (χ1v) is 9.60. The first-order chi connectivity index (χ1) is 13.6. The van der Waals surface area contributed by atoms with Gasteiger partial charge >= 0.3 is 0 Å². The van der Waals surface area contributed by atoms with Crippen LogP contribution in [0.15, 0.2) is 61.2 Å². The molecule has 1 aliphatic rings. The molecular weight excluding hydrogens is 355 g/mol. The molecule has 1 N–H and O–H groups in total. The van der Waals surface area contributed by atoms with Gasteiger partial charge in [0, 0.05) is 0 Å². The highest BCUT2D eigenvalue weighted by Gasteiger charge is 2.43. The van der Waals surface area contributed by atoms with E-state index in [0.29, 0.717) is 0 Å². The maximum atomic E-state index is 13.4. The van der Waals surface area contributed by atoms with Crippen molar-refractivity contribution < 1.29 is 9.18 Å². The molecule has 1 atom stereocenters. The van der Waals surface area contributed by atoms with Crippen molar-refractivity contribution in [2.45, 2.75) is 44.1 Å². The highest BCUT2D eigenvalue weighted by atomic mass is 19.1. The standard InChI is InChI=1S/C22H23FN4O/c1-16(17-4-10-20(11-5-17)27-15-24-14-25-27)26-21(28)22(12-2-3-13-22)18-6-8-19(23)9-7-18/h4-11,14-16H,2-3,12-13H2,1H3,(H,26,28). The molecule has 1 aromatic heterocycles. The van der Waals surface area contributed by atoms with Crippen molar-refractivity contribution in [1.82, 2.24) is 20.1 Å². The van der Waals surface area contributed by atoms with Crippen molar-refractivity contribution in [2.24, 2.45) is 0 Å². The summed E-state index contributed by atoms with van der Waals surface area (Å²) in [4.78, 5) is 17.2. The molecule has 1 amide bonds. The minimum atomic E-state index is -0.567. The largest absolute Gasteiger partial charge is 0.349 e.